The van der Waals surface area contributed by atoms with Gasteiger partial charge >= 0.3 is 0 Å². The van der Waals surface area contributed by atoms with E-state index in [-0.39, 0.29) is 23.3 Å². The van der Waals surface area contributed by atoms with Gasteiger partial charge < -0.3 is 14.5 Å². The Morgan fingerprint density at radius 2 is 1.88 bits per heavy atom. The lowest BCUT2D eigenvalue weighted by atomic mass is 9.75. The van der Waals surface area contributed by atoms with Crippen LogP contribution in [0.5, 0.6) is 5.75 Å². The lowest BCUT2D eigenvalue weighted by Crippen LogP contribution is -2.56. The van der Waals surface area contributed by atoms with Crippen LogP contribution in [0, 0.1) is 11.7 Å². The summed E-state index contributed by atoms with van der Waals surface area (Å²) in [7, 11) is 0. The molecule has 0 aromatic heterocycles. The molecule has 32 heavy (non-hydrogen) atoms. The second-order valence-electron chi connectivity index (χ2n) is 9.17. The van der Waals surface area contributed by atoms with Crippen LogP contribution in [-0.4, -0.2) is 35.3 Å². The first kappa shape index (κ1) is 21.4. The average Bonchev–Trinajstić information content (AvgIpc) is 3.11. The maximum absolute atomic E-state index is 13.6. The van der Waals surface area contributed by atoms with Gasteiger partial charge in [0.05, 0.1) is 18.3 Å². The van der Waals surface area contributed by atoms with Gasteiger partial charge in [-0.1, -0.05) is 17.8 Å². The van der Waals surface area contributed by atoms with Crippen molar-refractivity contribution in [2.45, 2.75) is 46.2 Å². The summed E-state index contributed by atoms with van der Waals surface area (Å²) in [6.07, 6.45) is 0. The standard InChI is InChI=1S/C26H30FN3OS/c1-6-29(7-2)19-12-13-20-22(14-19)31-15-21-23(20)28-25-30(26(21,4)5)24(16(3)32-25)17-8-10-18(27)11-9-17/h8-14,21,23H,6-7,15H2,1-5H3/t21-,23+/m0/s1. The number of hydrogen-bond donors (Lipinski definition) is 0. The largest absolute Gasteiger partial charge is 0.493 e. The van der Waals surface area contributed by atoms with Gasteiger partial charge in [0, 0.05) is 46.8 Å². The van der Waals surface area contributed by atoms with Crippen molar-refractivity contribution in [2.75, 3.05) is 24.6 Å². The molecule has 0 unspecified atom stereocenters. The number of allylic oxidation sites excluding steroid dienone is 1. The topological polar surface area (TPSA) is 28.1 Å². The van der Waals surface area contributed by atoms with Crippen LogP contribution in [0.2, 0.25) is 0 Å². The van der Waals surface area contributed by atoms with E-state index in [0.717, 1.165) is 35.3 Å². The van der Waals surface area contributed by atoms with Crippen molar-refractivity contribution in [1.82, 2.24) is 4.90 Å². The maximum Gasteiger partial charge on any atom is 0.169 e. The molecule has 4 nitrogen and oxygen atoms in total. The van der Waals surface area contributed by atoms with Crippen LogP contribution < -0.4 is 9.64 Å². The number of thioether (sulfide) groups is 1. The Hall–Kier alpha value is -2.47. The molecular weight excluding hydrogens is 421 g/mol. The van der Waals surface area contributed by atoms with Gasteiger partial charge in [0.1, 0.15) is 11.6 Å². The highest BCUT2D eigenvalue weighted by Crippen LogP contribution is 2.55. The number of aliphatic imine (C=N–C) groups is 1. The lowest BCUT2D eigenvalue weighted by molar-refractivity contribution is 0.0745. The number of halogens is 1. The van der Waals surface area contributed by atoms with Gasteiger partial charge in [-0.15, -0.1) is 0 Å². The van der Waals surface area contributed by atoms with Gasteiger partial charge in [0.15, 0.2) is 5.17 Å². The van der Waals surface area contributed by atoms with E-state index in [0.29, 0.717) is 6.61 Å². The molecule has 0 saturated heterocycles. The molecule has 6 heteroatoms. The monoisotopic (exact) mass is 451 g/mol. The third-order valence-electron chi connectivity index (χ3n) is 7.09. The molecular formula is C26H30FN3OS. The van der Waals surface area contributed by atoms with Crippen molar-refractivity contribution in [3.63, 3.8) is 0 Å². The fourth-order valence-electron chi connectivity index (χ4n) is 5.24. The predicted octanol–water partition coefficient (Wildman–Crippen LogP) is 6.31. The summed E-state index contributed by atoms with van der Waals surface area (Å²) < 4.78 is 19.9. The molecule has 0 amide bonds. The summed E-state index contributed by atoms with van der Waals surface area (Å²) >= 11 is 1.72. The van der Waals surface area contributed by atoms with E-state index in [9.17, 15) is 4.39 Å². The van der Waals surface area contributed by atoms with Crippen LogP contribution in [0.3, 0.4) is 0 Å². The molecule has 0 radical (unpaired) electrons. The predicted molar refractivity (Wildman–Crippen MR) is 132 cm³/mol. The number of hydrogen-bond acceptors (Lipinski definition) is 5. The van der Waals surface area contributed by atoms with Crippen molar-refractivity contribution in [2.24, 2.45) is 10.9 Å². The van der Waals surface area contributed by atoms with E-state index >= 15 is 0 Å². The molecule has 0 fully saturated rings. The molecule has 3 aliphatic heterocycles. The van der Waals surface area contributed by atoms with E-state index in [4.69, 9.17) is 9.73 Å². The lowest BCUT2D eigenvalue weighted by Gasteiger charge is -2.51. The van der Waals surface area contributed by atoms with Gasteiger partial charge in [0.2, 0.25) is 0 Å². The molecule has 0 N–H and O–H groups in total. The summed E-state index contributed by atoms with van der Waals surface area (Å²) in [5, 5.41) is 1.02. The van der Waals surface area contributed by atoms with Gasteiger partial charge in [-0.2, -0.15) is 0 Å². The van der Waals surface area contributed by atoms with E-state index in [1.165, 1.54) is 28.3 Å². The summed E-state index contributed by atoms with van der Waals surface area (Å²) in [5.74, 6) is 0.946. The molecule has 168 valence electrons. The molecule has 0 saturated carbocycles. The maximum atomic E-state index is 13.6. The Labute approximate surface area is 194 Å². The first-order valence-electron chi connectivity index (χ1n) is 11.4. The van der Waals surface area contributed by atoms with Crippen molar-refractivity contribution in [1.29, 1.82) is 0 Å². The normalized spacial score (nSPS) is 23.2. The number of anilines is 1. The summed E-state index contributed by atoms with van der Waals surface area (Å²) in [6, 6.07) is 13.4. The first-order chi connectivity index (χ1) is 15.3. The number of ether oxygens (including phenoxy) is 1. The molecule has 0 spiro atoms. The summed E-state index contributed by atoms with van der Waals surface area (Å²) in [4.78, 5) is 11.1. The Morgan fingerprint density at radius 1 is 1.16 bits per heavy atom. The van der Waals surface area contributed by atoms with Gasteiger partial charge in [0.25, 0.3) is 0 Å². The van der Waals surface area contributed by atoms with Crippen LogP contribution in [0.25, 0.3) is 5.70 Å². The summed E-state index contributed by atoms with van der Waals surface area (Å²) in [5.41, 5.74) is 4.31. The Kier molecular flexibility index (Phi) is 5.24. The molecule has 0 bridgehead atoms. The Bertz CT molecular complexity index is 1100. The minimum absolute atomic E-state index is 0.0682. The highest BCUT2D eigenvalue weighted by Gasteiger charge is 2.52. The molecule has 2 aromatic carbocycles. The molecule has 0 aliphatic carbocycles. The highest BCUT2D eigenvalue weighted by molar-refractivity contribution is 8.17. The zero-order valence-electron chi connectivity index (χ0n) is 19.4. The highest BCUT2D eigenvalue weighted by atomic mass is 32.2. The van der Waals surface area contributed by atoms with Gasteiger partial charge in [-0.3, -0.25) is 4.99 Å². The number of rotatable bonds is 4. The van der Waals surface area contributed by atoms with E-state index in [1.54, 1.807) is 11.8 Å². The third kappa shape index (κ3) is 3.22. The van der Waals surface area contributed by atoms with Gasteiger partial charge in [-0.25, -0.2) is 4.39 Å². The van der Waals surface area contributed by atoms with Crippen LogP contribution in [0.4, 0.5) is 10.1 Å². The molecule has 3 heterocycles. The minimum Gasteiger partial charge on any atom is -0.493 e. The van der Waals surface area contributed by atoms with Crippen molar-refractivity contribution < 1.29 is 9.13 Å². The zero-order chi connectivity index (χ0) is 22.6. The average molecular weight is 452 g/mol. The first-order valence-corrected chi connectivity index (χ1v) is 12.2. The molecule has 5 rings (SSSR count). The number of fused-ring (bicyclic) bond motifs is 4. The Balaban J connectivity index is 1.56. The molecule has 2 aromatic rings. The van der Waals surface area contributed by atoms with Crippen molar-refractivity contribution in [3.8, 4) is 5.75 Å². The second kappa shape index (κ2) is 7.84. The smallest absolute Gasteiger partial charge is 0.169 e. The molecule has 2 atom stereocenters. The fourth-order valence-corrected chi connectivity index (χ4v) is 6.41. The van der Waals surface area contributed by atoms with Crippen LogP contribution >= 0.6 is 11.8 Å². The van der Waals surface area contributed by atoms with E-state index < -0.39 is 0 Å². The fraction of sp³-hybridized carbons (Fsp3) is 0.423. The third-order valence-corrected chi connectivity index (χ3v) is 8.06. The zero-order valence-corrected chi connectivity index (χ0v) is 20.2. The number of nitrogens with zero attached hydrogens (tertiary/aromatic N) is 3. The van der Waals surface area contributed by atoms with Crippen molar-refractivity contribution in [3.05, 3.63) is 64.3 Å². The number of benzene rings is 2. The van der Waals surface area contributed by atoms with E-state index in [2.05, 4.69) is 62.6 Å². The van der Waals surface area contributed by atoms with Gasteiger partial charge in [-0.05, 0) is 70.5 Å². The van der Waals surface area contributed by atoms with Crippen molar-refractivity contribution >= 4 is 28.3 Å². The van der Waals surface area contributed by atoms with Crippen LogP contribution in [0.15, 0.2) is 52.4 Å². The van der Waals surface area contributed by atoms with Crippen LogP contribution in [-0.2, 0) is 0 Å². The second-order valence-corrected chi connectivity index (χ2v) is 10.4. The quantitative estimate of drug-likeness (QED) is 0.545. The minimum atomic E-state index is -0.217. The Morgan fingerprint density at radius 3 is 2.56 bits per heavy atom. The van der Waals surface area contributed by atoms with Crippen LogP contribution in [0.1, 0.15) is 51.8 Å². The SMILES string of the molecule is CCN(CC)c1ccc2c(c1)OC[C@H]1[C@@H]2N=C2SC(C)=C(c3ccc(F)cc3)N2C1(C)C. The summed E-state index contributed by atoms with van der Waals surface area (Å²) in [6.45, 7) is 13.6. The molecule has 3 aliphatic rings. The van der Waals surface area contributed by atoms with E-state index in [1.807, 2.05) is 12.1 Å². The number of amidine groups is 1.